The molecule has 1 aliphatic rings. The zero-order valence-corrected chi connectivity index (χ0v) is 16.7. The van der Waals surface area contributed by atoms with E-state index >= 15 is 0 Å². The summed E-state index contributed by atoms with van der Waals surface area (Å²) in [6.07, 6.45) is 7.70. The Hall–Kier alpha value is -1.73. The molecular formula is C19H28N6S. The predicted molar refractivity (Wildman–Crippen MR) is 107 cm³/mol. The number of nitrogens with zero attached hydrogens (tertiary/aromatic N) is 6. The van der Waals surface area contributed by atoms with Gasteiger partial charge in [0.25, 0.3) is 0 Å². The van der Waals surface area contributed by atoms with E-state index < -0.39 is 0 Å². The average Bonchev–Trinajstić information content (AvgIpc) is 2.70. The van der Waals surface area contributed by atoms with Gasteiger partial charge < -0.3 is 4.90 Å². The number of anilines is 1. The summed E-state index contributed by atoms with van der Waals surface area (Å²) in [4.78, 5) is 22.6. The lowest BCUT2D eigenvalue weighted by Gasteiger charge is -2.35. The van der Waals surface area contributed by atoms with Crippen LogP contribution in [0.2, 0.25) is 0 Å². The first kappa shape index (κ1) is 19.0. The lowest BCUT2D eigenvalue weighted by atomic mass is 10.2. The predicted octanol–water partition coefficient (Wildman–Crippen LogP) is 3.04. The number of piperazine rings is 1. The first-order valence-electron chi connectivity index (χ1n) is 9.43. The Morgan fingerprint density at radius 3 is 2.42 bits per heavy atom. The molecule has 0 aromatic carbocycles. The third kappa shape index (κ3) is 5.14. The number of aryl methyl sites for hydroxylation is 1. The van der Waals surface area contributed by atoms with E-state index in [1.807, 2.05) is 12.4 Å². The summed E-state index contributed by atoms with van der Waals surface area (Å²) >= 11 is 1.74. The Labute approximate surface area is 160 Å². The summed E-state index contributed by atoms with van der Waals surface area (Å²) < 4.78 is 0. The maximum absolute atomic E-state index is 4.51. The van der Waals surface area contributed by atoms with Crippen molar-refractivity contribution in [1.29, 1.82) is 0 Å². The SMILES string of the molecule is CCc1cc(N2CCN(Cc3cnc(S[C@@H](C)CC)nc3)CC2)ncn1. The third-order valence-corrected chi connectivity index (χ3v) is 5.89. The highest BCUT2D eigenvalue weighted by molar-refractivity contribution is 7.99. The summed E-state index contributed by atoms with van der Waals surface area (Å²) in [5.74, 6) is 1.05. The second kappa shape index (κ2) is 9.28. The zero-order valence-electron chi connectivity index (χ0n) is 15.9. The van der Waals surface area contributed by atoms with Crippen molar-refractivity contribution in [3.63, 3.8) is 0 Å². The first-order chi connectivity index (χ1) is 12.7. The molecule has 1 fully saturated rings. The van der Waals surface area contributed by atoms with Crippen LogP contribution in [0.15, 0.2) is 29.9 Å². The van der Waals surface area contributed by atoms with Crippen molar-refractivity contribution >= 4 is 17.6 Å². The normalized spacial score (nSPS) is 16.7. The van der Waals surface area contributed by atoms with Crippen molar-refractivity contribution in [3.05, 3.63) is 36.0 Å². The molecule has 1 atom stereocenters. The van der Waals surface area contributed by atoms with E-state index in [0.29, 0.717) is 5.25 Å². The van der Waals surface area contributed by atoms with Crippen molar-refractivity contribution in [2.24, 2.45) is 0 Å². The van der Waals surface area contributed by atoms with Crippen molar-refractivity contribution in [2.45, 2.75) is 50.6 Å². The van der Waals surface area contributed by atoms with Gasteiger partial charge in [-0.05, 0) is 12.8 Å². The quantitative estimate of drug-likeness (QED) is 0.547. The minimum Gasteiger partial charge on any atom is -0.354 e. The summed E-state index contributed by atoms with van der Waals surface area (Å²) in [5, 5.41) is 1.44. The van der Waals surface area contributed by atoms with Crippen LogP contribution >= 0.6 is 11.8 Å². The summed E-state index contributed by atoms with van der Waals surface area (Å²) in [7, 11) is 0. The van der Waals surface area contributed by atoms with Crippen LogP contribution in [0.5, 0.6) is 0 Å². The Morgan fingerprint density at radius 2 is 1.77 bits per heavy atom. The van der Waals surface area contributed by atoms with Gasteiger partial charge >= 0.3 is 0 Å². The van der Waals surface area contributed by atoms with Crippen LogP contribution in [0.1, 0.15) is 38.4 Å². The standard InChI is InChI=1S/C19H28N6S/c1-4-15(3)26-19-20-11-16(12-21-19)13-24-6-8-25(9-7-24)18-10-17(5-2)22-14-23-18/h10-12,14-15H,4-9,13H2,1-3H3/t15-/m0/s1. The third-order valence-electron chi connectivity index (χ3n) is 4.74. The van der Waals surface area contributed by atoms with Crippen molar-refractivity contribution in [1.82, 2.24) is 24.8 Å². The highest BCUT2D eigenvalue weighted by Crippen LogP contribution is 2.21. The lowest BCUT2D eigenvalue weighted by Crippen LogP contribution is -2.46. The number of thioether (sulfide) groups is 1. The molecule has 3 rings (SSSR count). The van der Waals surface area contributed by atoms with Gasteiger partial charge in [0, 0.05) is 67.7 Å². The molecule has 0 bridgehead atoms. The topological polar surface area (TPSA) is 58.0 Å². The fraction of sp³-hybridized carbons (Fsp3) is 0.579. The van der Waals surface area contributed by atoms with E-state index in [0.717, 1.165) is 62.2 Å². The molecule has 0 aliphatic carbocycles. The Bertz CT molecular complexity index is 685. The average molecular weight is 373 g/mol. The maximum atomic E-state index is 4.51. The van der Waals surface area contributed by atoms with Gasteiger partial charge in [0.05, 0.1) is 0 Å². The Balaban J connectivity index is 1.50. The highest BCUT2D eigenvalue weighted by atomic mass is 32.2. The van der Waals surface area contributed by atoms with Gasteiger partial charge in [-0.25, -0.2) is 19.9 Å². The van der Waals surface area contributed by atoms with Gasteiger partial charge in [-0.15, -0.1) is 0 Å². The smallest absolute Gasteiger partial charge is 0.187 e. The van der Waals surface area contributed by atoms with Crippen molar-refractivity contribution in [2.75, 3.05) is 31.1 Å². The second-order valence-electron chi connectivity index (χ2n) is 6.69. The molecule has 1 saturated heterocycles. The molecule has 2 aromatic rings. The molecule has 26 heavy (non-hydrogen) atoms. The maximum Gasteiger partial charge on any atom is 0.187 e. The number of hydrogen-bond donors (Lipinski definition) is 0. The van der Waals surface area contributed by atoms with Crippen LogP contribution in [0.25, 0.3) is 0 Å². The molecule has 0 unspecified atom stereocenters. The minimum absolute atomic E-state index is 0.559. The van der Waals surface area contributed by atoms with E-state index in [1.54, 1.807) is 18.1 Å². The van der Waals surface area contributed by atoms with Crippen LogP contribution in [0, 0.1) is 0 Å². The summed E-state index contributed by atoms with van der Waals surface area (Å²) in [6, 6.07) is 2.11. The molecule has 1 aliphatic heterocycles. The zero-order chi connectivity index (χ0) is 18.4. The molecule has 6 nitrogen and oxygen atoms in total. The molecule has 0 spiro atoms. The molecular weight excluding hydrogens is 344 g/mol. The largest absolute Gasteiger partial charge is 0.354 e. The van der Waals surface area contributed by atoms with Crippen molar-refractivity contribution < 1.29 is 0 Å². The van der Waals surface area contributed by atoms with E-state index in [-0.39, 0.29) is 0 Å². The number of rotatable bonds is 7. The second-order valence-corrected chi connectivity index (χ2v) is 8.10. The lowest BCUT2D eigenvalue weighted by molar-refractivity contribution is 0.248. The van der Waals surface area contributed by atoms with Gasteiger partial charge in [0.1, 0.15) is 12.1 Å². The number of aromatic nitrogens is 4. The van der Waals surface area contributed by atoms with Crippen LogP contribution in [-0.2, 0) is 13.0 Å². The molecule has 0 radical (unpaired) electrons. The fourth-order valence-electron chi connectivity index (χ4n) is 2.89. The van der Waals surface area contributed by atoms with E-state index in [1.165, 1.54) is 5.56 Å². The van der Waals surface area contributed by atoms with E-state index in [4.69, 9.17) is 0 Å². The first-order valence-corrected chi connectivity index (χ1v) is 10.3. The molecule has 0 N–H and O–H groups in total. The molecule has 2 aromatic heterocycles. The van der Waals surface area contributed by atoms with Crippen LogP contribution in [0.3, 0.4) is 0 Å². The Morgan fingerprint density at radius 1 is 1.04 bits per heavy atom. The Kier molecular flexibility index (Phi) is 6.80. The summed E-state index contributed by atoms with van der Waals surface area (Å²) in [5.41, 5.74) is 2.28. The van der Waals surface area contributed by atoms with Gasteiger partial charge in [0.15, 0.2) is 5.16 Å². The highest BCUT2D eigenvalue weighted by Gasteiger charge is 2.18. The monoisotopic (exact) mass is 372 g/mol. The van der Waals surface area contributed by atoms with Gasteiger partial charge in [0.2, 0.25) is 0 Å². The van der Waals surface area contributed by atoms with Gasteiger partial charge in [-0.2, -0.15) is 0 Å². The molecule has 3 heterocycles. The molecule has 0 saturated carbocycles. The minimum atomic E-state index is 0.559. The number of hydrogen-bond acceptors (Lipinski definition) is 7. The van der Waals surface area contributed by atoms with Gasteiger partial charge in [-0.1, -0.05) is 32.5 Å². The fourth-order valence-corrected chi connectivity index (χ4v) is 3.65. The van der Waals surface area contributed by atoms with Crippen LogP contribution in [-0.4, -0.2) is 56.3 Å². The summed E-state index contributed by atoms with van der Waals surface area (Å²) in [6.45, 7) is 11.5. The van der Waals surface area contributed by atoms with Crippen LogP contribution in [0.4, 0.5) is 5.82 Å². The van der Waals surface area contributed by atoms with E-state index in [2.05, 4.69) is 56.6 Å². The molecule has 140 valence electrons. The van der Waals surface area contributed by atoms with Gasteiger partial charge in [-0.3, -0.25) is 4.90 Å². The molecule has 0 amide bonds. The van der Waals surface area contributed by atoms with Crippen molar-refractivity contribution in [3.8, 4) is 0 Å². The van der Waals surface area contributed by atoms with E-state index in [9.17, 15) is 0 Å². The van der Waals surface area contributed by atoms with Crippen LogP contribution < -0.4 is 4.90 Å². The molecule has 7 heteroatoms.